The van der Waals surface area contributed by atoms with E-state index in [-0.39, 0.29) is 0 Å². The topological polar surface area (TPSA) is 118 Å². The molecule has 1 fully saturated rings. The summed E-state index contributed by atoms with van der Waals surface area (Å²) in [6.45, 7) is 0. The highest BCUT2D eigenvalue weighted by Gasteiger charge is 2.55. The van der Waals surface area contributed by atoms with Crippen molar-refractivity contribution in [1.29, 1.82) is 0 Å². The summed E-state index contributed by atoms with van der Waals surface area (Å²) in [7, 11) is -4.94. The van der Waals surface area contributed by atoms with Crippen LogP contribution in [0.5, 0.6) is 0 Å². The first kappa shape index (κ1) is 10.6. The third kappa shape index (κ3) is 1.59. The lowest BCUT2D eigenvalue weighted by molar-refractivity contribution is -0.164. The van der Waals surface area contributed by atoms with Crippen LogP contribution in [-0.4, -0.2) is 49.1 Å². The van der Waals surface area contributed by atoms with Crippen molar-refractivity contribution in [2.45, 2.75) is 18.1 Å². The van der Waals surface area contributed by atoms with Gasteiger partial charge in [-0.1, -0.05) is 0 Å². The molecule has 0 spiro atoms. The minimum atomic E-state index is -4.94. The Morgan fingerprint density at radius 1 is 1.46 bits per heavy atom. The van der Waals surface area contributed by atoms with E-state index in [1.807, 2.05) is 0 Å². The molecule has 1 aliphatic rings. The first-order valence-electron chi connectivity index (χ1n) is 3.16. The van der Waals surface area contributed by atoms with Crippen LogP contribution in [0, 0.1) is 0 Å². The van der Waals surface area contributed by atoms with Gasteiger partial charge in [-0.15, -0.1) is 0 Å². The molecule has 0 bridgehead atoms. The van der Waals surface area contributed by atoms with E-state index in [0.717, 1.165) is 0 Å². The van der Waals surface area contributed by atoms with E-state index in [0.29, 0.717) is 0 Å². The average molecular weight is 215 g/mol. The van der Waals surface area contributed by atoms with E-state index in [9.17, 15) is 13.8 Å². The summed E-state index contributed by atoms with van der Waals surface area (Å²) in [5.41, 5.74) is 0. The van der Waals surface area contributed by atoms with Gasteiger partial charge in [0.25, 0.3) is 5.91 Å². The molecule has 1 amide bonds. The third-order valence-electron chi connectivity index (χ3n) is 1.66. The van der Waals surface area contributed by atoms with Gasteiger partial charge in [0.05, 0.1) is 0 Å². The number of halogens is 1. The molecule has 9 heteroatoms. The molecule has 7 nitrogen and oxygen atoms in total. The van der Waals surface area contributed by atoms with Crippen molar-refractivity contribution in [3.63, 3.8) is 0 Å². The molecule has 1 aliphatic heterocycles. The van der Waals surface area contributed by atoms with Gasteiger partial charge in [0.15, 0.2) is 5.78 Å². The summed E-state index contributed by atoms with van der Waals surface area (Å²) in [6, 6.07) is 0. The number of hydroxylamine groups is 2. The van der Waals surface area contributed by atoms with Gasteiger partial charge in [0.2, 0.25) is 6.17 Å². The second kappa shape index (κ2) is 3.00. The van der Waals surface area contributed by atoms with E-state index in [4.69, 9.17) is 20.1 Å². The van der Waals surface area contributed by atoms with Crippen LogP contribution in [-0.2, 0) is 9.36 Å². The number of alkyl halides is 1. The van der Waals surface area contributed by atoms with Crippen LogP contribution in [0.25, 0.3) is 0 Å². The summed E-state index contributed by atoms with van der Waals surface area (Å²) in [6.07, 6.45) is -4.71. The van der Waals surface area contributed by atoms with Gasteiger partial charge < -0.3 is 14.9 Å². The molecule has 0 aromatic rings. The Morgan fingerprint density at radius 2 is 1.92 bits per heavy atom. The maximum Gasteiger partial charge on any atom is 0.353 e. The Morgan fingerprint density at radius 3 is 2.08 bits per heavy atom. The SMILES string of the molecule is O=C1C(F)C(O)C(P(=O)(O)O)N1O. The highest BCUT2D eigenvalue weighted by atomic mass is 31.2. The van der Waals surface area contributed by atoms with Gasteiger partial charge in [-0.25, -0.2) is 9.45 Å². The van der Waals surface area contributed by atoms with Crippen LogP contribution in [0.1, 0.15) is 0 Å². The molecule has 13 heavy (non-hydrogen) atoms. The third-order valence-corrected chi connectivity index (χ3v) is 2.88. The molecule has 3 unspecified atom stereocenters. The second-order valence-corrected chi connectivity index (χ2v) is 4.29. The van der Waals surface area contributed by atoms with Gasteiger partial charge in [-0.05, 0) is 0 Å². The van der Waals surface area contributed by atoms with Gasteiger partial charge in [0, 0.05) is 0 Å². The second-order valence-electron chi connectivity index (χ2n) is 2.58. The van der Waals surface area contributed by atoms with Crippen molar-refractivity contribution in [2.24, 2.45) is 0 Å². The number of aliphatic hydroxyl groups excluding tert-OH is 1. The van der Waals surface area contributed by atoms with Crippen molar-refractivity contribution in [1.82, 2.24) is 5.06 Å². The summed E-state index contributed by atoms with van der Waals surface area (Å²) in [5, 5.41) is 17.1. The number of hydrogen-bond donors (Lipinski definition) is 4. The lowest BCUT2D eigenvalue weighted by Crippen LogP contribution is -2.34. The fraction of sp³-hybridized carbons (Fsp3) is 0.750. The van der Waals surface area contributed by atoms with Crippen LogP contribution < -0.4 is 0 Å². The quantitative estimate of drug-likeness (QED) is 0.309. The van der Waals surface area contributed by atoms with Gasteiger partial charge in [-0.3, -0.25) is 14.6 Å². The minimum Gasteiger partial charge on any atom is -0.387 e. The molecule has 3 atom stereocenters. The van der Waals surface area contributed by atoms with E-state index < -0.39 is 36.6 Å². The molecule has 0 radical (unpaired) electrons. The van der Waals surface area contributed by atoms with Crippen molar-refractivity contribution < 1.29 is 33.9 Å². The summed E-state index contributed by atoms with van der Waals surface area (Å²) >= 11 is 0. The summed E-state index contributed by atoms with van der Waals surface area (Å²) < 4.78 is 23.2. The van der Waals surface area contributed by atoms with Gasteiger partial charge in [-0.2, -0.15) is 0 Å². The number of aliphatic hydroxyl groups is 1. The van der Waals surface area contributed by atoms with E-state index in [2.05, 4.69) is 0 Å². The molecule has 0 saturated carbocycles. The summed E-state index contributed by atoms with van der Waals surface area (Å²) in [5.74, 6) is -3.77. The zero-order valence-corrected chi connectivity index (χ0v) is 7.00. The number of rotatable bonds is 1. The normalized spacial score (nSPS) is 35.6. The van der Waals surface area contributed by atoms with Crippen molar-refractivity contribution in [2.75, 3.05) is 0 Å². The van der Waals surface area contributed by atoms with Crippen LogP contribution in [0.2, 0.25) is 0 Å². The lowest BCUT2D eigenvalue weighted by Gasteiger charge is -2.19. The number of carbonyl (C=O) groups excluding carboxylic acids is 1. The molecular formula is C4H7FNO6P. The Bertz CT molecular complexity index is 278. The fourth-order valence-corrected chi connectivity index (χ4v) is 1.99. The van der Waals surface area contributed by atoms with Crippen LogP contribution in [0.15, 0.2) is 0 Å². The van der Waals surface area contributed by atoms with Crippen molar-refractivity contribution in [3.05, 3.63) is 0 Å². The van der Waals surface area contributed by atoms with Crippen LogP contribution in [0.4, 0.5) is 4.39 Å². The highest BCUT2D eigenvalue weighted by molar-refractivity contribution is 7.52. The van der Waals surface area contributed by atoms with Crippen molar-refractivity contribution in [3.8, 4) is 0 Å². The number of hydrogen-bond acceptors (Lipinski definition) is 4. The lowest BCUT2D eigenvalue weighted by atomic mass is 10.3. The van der Waals surface area contributed by atoms with E-state index in [1.165, 1.54) is 0 Å². The molecule has 76 valence electrons. The Hall–Kier alpha value is -0.530. The largest absolute Gasteiger partial charge is 0.387 e. The number of nitrogens with zero attached hydrogens (tertiary/aromatic N) is 1. The molecule has 0 aromatic carbocycles. The molecule has 0 aliphatic carbocycles. The average Bonchev–Trinajstić information content (AvgIpc) is 2.14. The summed E-state index contributed by atoms with van der Waals surface area (Å²) in [4.78, 5) is 27.6. The first-order valence-corrected chi connectivity index (χ1v) is 4.84. The maximum atomic E-state index is 12.6. The standard InChI is InChI=1S/C4H7FNO6P/c5-1-2(7)4(13(10,11)12)6(9)3(1)8/h1-2,4,7,9H,(H2,10,11,12). The molecule has 4 N–H and O–H groups in total. The minimum absolute atomic E-state index is 0.462. The first-order chi connectivity index (χ1) is 5.76. The number of carbonyl (C=O) groups is 1. The van der Waals surface area contributed by atoms with E-state index >= 15 is 0 Å². The Labute approximate surface area is 71.5 Å². The van der Waals surface area contributed by atoms with E-state index in [1.54, 1.807) is 0 Å². The predicted octanol–water partition coefficient (Wildman–Crippen LogP) is -1.58. The van der Waals surface area contributed by atoms with Crippen molar-refractivity contribution >= 4 is 13.5 Å². The maximum absolute atomic E-state index is 12.6. The molecule has 1 heterocycles. The molecule has 0 aromatic heterocycles. The monoisotopic (exact) mass is 215 g/mol. The Balaban J connectivity index is 3.01. The number of amides is 1. The van der Waals surface area contributed by atoms with Gasteiger partial charge in [0.1, 0.15) is 6.10 Å². The van der Waals surface area contributed by atoms with Crippen LogP contribution in [0.3, 0.4) is 0 Å². The van der Waals surface area contributed by atoms with Crippen LogP contribution >= 0.6 is 7.60 Å². The zero-order valence-electron chi connectivity index (χ0n) is 6.11. The fourth-order valence-electron chi connectivity index (χ4n) is 1.04. The Kier molecular flexibility index (Phi) is 2.44. The van der Waals surface area contributed by atoms with Gasteiger partial charge >= 0.3 is 7.60 Å². The zero-order chi connectivity index (χ0) is 10.4. The molecule has 1 rings (SSSR count). The smallest absolute Gasteiger partial charge is 0.353 e. The predicted molar refractivity (Wildman–Crippen MR) is 35.4 cm³/mol. The highest BCUT2D eigenvalue weighted by Crippen LogP contribution is 2.48. The molecule has 1 saturated heterocycles. The molecular weight excluding hydrogens is 208 g/mol.